The van der Waals surface area contributed by atoms with Gasteiger partial charge in [-0.05, 0) is 49.4 Å². The van der Waals surface area contributed by atoms with Crippen LogP contribution in [0.25, 0.3) is 0 Å². The molecule has 1 aromatic carbocycles. The van der Waals surface area contributed by atoms with Gasteiger partial charge in [0, 0.05) is 28.8 Å². The molecule has 3 rings (SSSR count). The van der Waals surface area contributed by atoms with Gasteiger partial charge in [-0.3, -0.25) is 4.90 Å². The molecule has 0 aliphatic heterocycles. The molecule has 2 nitrogen and oxygen atoms in total. The number of rotatable bonds is 4. The van der Waals surface area contributed by atoms with Gasteiger partial charge in [-0.15, -0.1) is 0 Å². The van der Waals surface area contributed by atoms with Crippen molar-refractivity contribution in [3.05, 3.63) is 28.2 Å². The highest BCUT2D eigenvalue weighted by molar-refractivity contribution is 9.10. The summed E-state index contributed by atoms with van der Waals surface area (Å²) < 4.78 is 1.14. The van der Waals surface area contributed by atoms with E-state index in [1.807, 2.05) is 12.1 Å². The largest absolute Gasteiger partial charge is 0.398 e. The van der Waals surface area contributed by atoms with Crippen LogP contribution in [-0.4, -0.2) is 17.0 Å². The maximum Gasteiger partial charge on any atom is 0.0360 e. The van der Waals surface area contributed by atoms with Crippen molar-refractivity contribution in [2.45, 2.75) is 82.8 Å². The first kappa shape index (κ1) is 16.3. The highest BCUT2D eigenvalue weighted by atomic mass is 79.9. The molecule has 0 spiro atoms. The Balaban J connectivity index is 1.78. The number of halogens is 1. The van der Waals surface area contributed by atoms with E-state index in [0.29, 0.717) is 0 Å². The Morgan fingerprint density at radius 1 is 0.909 bits per heavy atom. The molecule has 22 heavy (non-hydrogen) atoms. The molecule has 2 saturated carbocycles. The van der Waals surface area contributed by atoms with Crippen LogP contribution in [0.5, 0.6) is 0 Å². The average Bonchev–Trinajstić information content (AvgIpc) is 2.57. The van der Waals surface area contributed by atoms with Crippen molar-refractivity contribution in [3.63, 3.8) is 0 Å². The second kappa shape index (κ2) is 7.83. The minimum absolute atomic E-state index is 0.773. The molecule has 3 heteroatoms. The van der Waals surface area contributed by atoms with Gasteiger partial charge in [0.15, 0.2) is 0 Å². The summed E-state index contributed by atoms with van der Waals surface area (Å²) in [5.41, 5.74) is 8.49. The van der Waals surface area contributed by atoms with Crippen molar-refractivity contribution in [1.82, 2.24) is 4.90 Å². The van der Waals surface area contributed by atoms with Gasteiger partial charge in [0.2, 0.25) is 0 Å². The Labute approximate surface area is 143 Å². The Morgan fingerprint density at radius 3 is 2.00 bits per heavy atom. The van der Waals surface area contributed by atoms with Gasteiger partial charge < -0.3 is 5.73 Å². The van der Waals surface area contributed by atoms with E-state index < -0.39 is 0 Å². The second-order valence-corrected chi connectivity index (χ2v) is 8.01. The minimum Gasteiger partial charge on any atom is -0.398 e. The SMILES string of the molecule is Nc1ccc(Br)cc1CN(C1CCCCC1)C1CCCCC1. The number of anilines is 1. The standard InChI is InChI=1S/C19H29BrN2/c20-16-11-12-19(21)15(13-16)14-22(17-7-3-1-4-8-17)18-9-5-2-6-10-18/h11-13,17-18H,1-10,14,21H2. The summed E-state index contributed by atoms with van der Waals surface area (Å²) in [4.78, 5) is 2.82. The van der Waals surface area contributed by atoms with Crippen LogP contribution in [-0.2, 0) is 6.54 Å². The Morgan fingerprint density at radius 2 is 1.45 bits per heavy atom. The lowest BCUT2D eigenvalue weighted by atomic mass is 9.88. The maximum atomic E-state index is 6.25. The van der Waals surface area contributed by atoms with Crippen LogP contribution in [0, 0.1) is 0 Å². The lowest BCUT2D eigenvalue weighted by molar-refractivity contribution is 0.0733. The molecule has 2 aliphatic carbocycles. The number of nitrogens with zero attached hydrogens (tertiary/aromatic N) is 1. The van der Waals surface area contributed by atoms with Gasteiger partial charge in [0.05, 0.1) is 0 Å². The summed E-state index contributed by atoms with van der Waals surface area (Å²) in [6.45, 7) is 1.03. The van der Waals surface area contributed by atoms with Crippen LogP contribution in [0.4, 0.5) is 5.69 Å². The highest BCUT2D eigenvalue weighted by Gasteiger charge is 2.29. The number of hydrogen-bond acceptors (Lipinski definition) is 2. The van der Waals surface area contributed by atoms with Crippen molar-refractivity contribution in [1.29, 1.82) is 0 Å². The Kier molecular flexibility index (Phi) is 5.81. The first-order chi connectivity index (χ1) is 10.7. The Bertz CT molecular complexity index is 458. The summed E-state index contributed by atoms with van der Waals surface area (Å²) in [7, 11) is 0. The summed E-state index contributed by atoms with van der Waals surface area (Å²) in [6, 6.07) is 7.85. The van der Waals surface area contributed by atoms with Crippen LogP contribution in [0.3, 0.4) is 0 Å². The maximum absolute atomic E-state index is 6.25. The first-order valence-electron chi connectivity index (χ1n) is 9.03. The van der Waals surface area contributed by atoms with E-state index >= 15 is 0 Å². The monoisotopic (exact) mass is 364 g/mol. The molecule has 122 valence electrons. The molecule has 0 bridgehead atoms. The lowest BCUT2D eigenvalue weighted by Gasteiger charge is -2.42. The normalized spacial score (nSPS) is 21.4. The van der Waals surface area contributed by atoms with E-state index in [-0.39, 0.29) is 0 Å². The summed E-state index contributed by atoms with van der Waals surface area (Å²) in [5, 5.41) is 0. The number of nitrogens with two attached hydrogens (primary N) is 1. The third kappa shape index (κ3) is 4.05. The minimum atomic E-state index is 0.773. The topological polar surface area (TPSA) is 29.3 Å². The molecule has 0 aromatic heterocycles. The Hall–Kier alpha value is -0.540. The fourth-order valence-electron chi connectivity index (χ4n) is 4.29. The fraction of sp³-hybridized carbons (Fsp3) is 0.684. The zero-order valence-electron chi connectivity index (χ0n) is 13.6. The van der Waals surface area contributed by atoms with E-state index in [2.05, 4.69) is 26.9 Å². The number of benzene rings is 1. The fourth-order valence-corrected chi connectivity index (χ4v) is 4.70. The molecule has 0 unspecified atom stereocenters. The third-order valence-electron chi connectivity index (χ3n) is 5.55. The predicted octanol–water partition coefficient (Wildman–Crippen LogP) is 5.50. The average molecular weight is 365 g/mol. The van der Waals surface area contributed by atoms with Crippen LogP contribution >= 0.6 is 15.9 Å². The van der Waals surface area contributed by atoms with Gasteiger partial charge in [-0.2, -0.15) is 0 Å². The van der Waals surface area contributed by atoms with Crippen molar-refractivity contribution < 1.29 is 0 Å². The van der Waals surface area contributed by atoms with E-state index in [1.165, 1.54) is 69.8 Å². The second-order valence-electron chi connectivity index (χ2n) is 7.10. The zero-order chi connectivity index (χ0) is 15.4. The molecule has 0 heterocycles. The molecular formula is C19H29BrN2. The van der Waals surface area contributed by atoms with Gasteiger partial charge in [-0.25, -0.2) is 0 Å². The quantitative estimate of drug-likeness (QED) is 0.714. The van der Waals surface area contributed by atoms with Crippen molar-refractivity contribution in [3.8, 4) is 0 Å². The number of nitrogen functional groups attached to an aromatic ring is 1. The molecule has 0 amide bonds. The van der Waals surface area contributed by atoms with Crippen molar-refractivity contribution in [2.75, 3.05) is 5.73 Å². The molecule has 2 aliphatic rings. The van der Waals surface area contributed by atoms with E-state index in [1.54, 1.807) is 0 Å². The third-order valence-corrected chi connectivity index (χ3v) is 6.04. The summed E-state index contributed by atoms with van der Waals surface area (Å²) >= 11 is 3.60. The van der Waals surface area contributed by atoms with Gasteiger partial charge in [0.1, 0.15) is 0 Å². The van der Waals surface area contributed by atoms with E-state index in [4.69, 9.17) is 5.73 Å². The zero-order valence-corrected chi connectivity index (χ0v) is 15.2. The molecule has 0 saturated heterocycles. The van der Waals surface area contributed by atoms with Gasteiger partial charge in [0.25, 0.3) is 0 Å². The molecule has 1 aromatic rings. The highest BCUT2D eigenvalue weighted by Crippen LogP contribution is 2.32. The van der Waals surface area contributed by atoms with Crippen molar-refractivity contribution in [2.24, 2.45) is 0 Å². The van der Waals surface area contributed by atoms with Crippen LogP contribution in [0.15, 0.2) is 22.7 Å². The summed E-state index contributed by atoms with van der Waals surface area (Å²) in [5.74, 6) is 0. The van der Waals surface area contributed by atoms with Crippen LogP contribution in [0.2, 0.25) is 0 Å². The summed E-state index contributed by atoms with van der Waals surface area (Å²) in [6.07, 6.45) is 14.0. The van der Waals surface area contributed by atoms with Gasteiger partial charge >= 0.3 is 0 Å². The van der Waals surface area contributed by atoms with Crippen LogP contribution in [0.1, 0.15) is 69.8 Å². The molecular weight excluding hydrogens is 336 g/mol. The smallest absolute Gasteiger partial charge is 0.0360 e. The van der Waals surface area contributed by atoms with Gasteiger partial charge in [-0.1, -0.05) is 54.5 Å². The van der Waals surface area contributed by atoms with Crippen LogP contribution < -0.4 is 5.73 Å². The molecule has 2 fully saturated rings. The number of hydrogen-bond donors (Lipinski definition) is 1. The predicted molar refractivity (Wildman–Crippen MR) is 97.8 cm³/mol. The van der Waals surface area contributed by atoms with E-state index in [0.717, 1.165) is 28.8 Å². The lowest BCUT2D eigenvalue weighted by Crippen LogP contribution is -2.44. The molecule has 0 atom stereocenters. The molecule has 0 radical (unpaired) electrons. The molecule has 2 N–H and O–H groups in total. The first-order valence-corrected chi connectivity index (χ1v) is 9.83. The van der Waals surface area contributed by atoms with E-state index in [9.17, 15) is 0 Å². The van der Waals surface area contributed by atoms with Crippen molar-refractivity contribution >= 4 is 21.6 Å².